The molecule has 0 fully saturated rings. The third kappa shape index (κ3) is 2.86. The standard InChI is InChI=1S/C16H25NO/c1-4-12(2)16(3,17)9-7-13-5-6-15-14(11-13)8-10-18-15/h5-6,11-12H,4,7-10,17H2,1-3H3. The van der Waals surface area contributed by atoms with Gasteiger partial charge in [-0.2, -0.15) is 0 Å². The molecular weight excluding hydrogens is 222 g/mol. The molecule has 1 aromatic rings. The minimum absolute atomic E-state index is 0.0652. The monoisotopic (exact) mass is 247 g/mol. The van der Waals surface area contributed by atoms with Crippen molar-refractivity contribution in [3.63, 3.8) is 0 Å². The highest BCUT2D eigenvalue weighted by Crippen LogP contribution is 2.28. The number of nitrogens with two attached hydrogens (primary N) is 1. The molecule has 2 atom stereocenters. The van der Waals surface area contributed by atoms with Gasteiger partial charge in [-0.15, -0.1) is 0 Å². The molecule has 0 saturated heterocycles. The van der Waals surface area contributed by atoms with Crippen molar-refractivity contribution in [3.05, 3.63) is 29.3 Å². The summed E-state index contributed by atoms with van der Waals surface area (Å²) in [5.41, 5.74) is 9.09. The van der Waals surface area contributed by atoms with E-state index in [4.69, 9.17) is 10.5 Å². The van der Waals surface area contributed by atoms with Crippen molar-refractivity contribution in [1.82, 2.24) is 0 Å². The van der Waals surface area contributed by atoms with Crippen molar-refractivity contribution < 1.29 is 4.74 Å². The van der Waals surface area contributed by atoms with Crippen molar-refractivity contribution >= 4 is 0 Å². The van der Waals surface area contributed by atoms with Crippen molar-refractivity contribution in [1.29, 1.82) is 0 Å². The Kier molecular flexibility index (Phi) is 3.96. The third-order valence-electron chi connectivity index (χ3n) is 4.44. The zero-order chi connectivity index (χ0) is 13.2. The second kappa shape index (κ2) is 5.31. The number of hydrogen-bond acceptors (Lipinski definition) is 2. The van der Waals surface area contributed by atoms with Crippen LogP contribution in [0.3, 0.4) is 0 Å². The van der Waals surface area contributed by atoms with Gasteiger partial charge in [0.1, 0.15) is 5.75 Å². The predicted octanol–water partition coefficient (Wildman–Crippen LogP) is 3.32. The van der Waals surface area contributed by atoms with E-state index in [0.29, 0.717) is 5.92 Å². The average Bonchev–Trinajstić information content (AvgIpc) is 2.82. The predicted molar refractivity (Wildman–Crippen MR) is 76.0 cm³/mol. The lowest BCUT2D eigenvalue weighted by Gasteiger charge is -2.31. The van der Waals surface area contributed by atoms with Gasteiger partial charge >= 0.3 is 0 Å². The first-order valence-corrected chi connectivity index (χ1v) is 7.06. The molecule has 2 nitrogen and oxygen atoms in total. The second-order valence-corrected chi connectivity index (χ2v) is 5.86. The lowest BCUT2D eigenvalue weighted by molar-refractivity contribution is 0.289. The fraction of sp³-hybridized carbons (Fsp3) is 0.625. The Hall–Kier alpha value is -1.02. The molecule has 0 aromatic heterocycles. The lowest BCUT2D eigenvalue weighted by atomic mass is 9.81. The van der Waals surface area contributed by atoms with Gasteiger partial charge < -0.3 is 10.5 Å². The summed E-state index contributed by atoms with van der Waals surface area (Å²) >= 11 is 0. The van der Waals surface area contributed by atoms with Crippen LogP contribution in [0.15, 0.2) is 18.2 Å². The fourth-order valence-corrected chi connectivity index (χ4v) is 2.52. The fourth-order valence-electron chi connectivity index (χ4n) is 2.52. The molecule has 0 spiro atoms. The van der Waals surface area contributed by atoms with Crippen molar-refractivity contribution in [3.8, 4) is 5.75 Å². The molecule has 2 heteroatoms. The maximum absolute atomic E-state index is 6.41. The van der Waals surface area contributed by atoms with Crippen LogP contribution in [0.4, 0.5) is 0 Å². The van der Waals surface area contributed by atoms with Gasteiger partial charge in [-0.1, -0.05) is 32.4 Å². The topological polar surface area (TPSA) is 35.2 Å². The van der Waals surface area contributed by atoms with Gasteiger partial charge in [0.15, 0.2) is 0 Å². The highest BCUT2D eigenvalue weighted by molar-refractivity contribution is 5.39. The summed E-state index contributed by atoms with van der Waals surface area (Å²) in [5.74, 6) is 1.63. The molecule has 0 amide bonds. The molecule has 1 aliphatic heterocycles. The summed E-state index contributed by atoms with van der Waals surface area (Å²) < 4.78 is 5.53. The summed E-state index contributed by atoms with van der Waals surface area (Å²) in [6, 6.07) is 6.57. The van der Waals surface area contributed by atoms with Crippen LogP contribution in [0.5, 0.6) is 5.75 Å². The zero-order valence-corrected chi connectivity index (χ0v) is 11.8. The van der Waals surface area contributed by atoms with Crippen LogP contribution >= 0.6 is 0 Å². The summed E-state index contributed by atoms with van der Waals surface area (Å²) in [6.07, 6.45) is 4.30. The third-order valence-corrected chi connectivity index (χ3v) is 4.44. The van der Waals surface area contributed by atoms with Crippen LogP contribution in [-0.4, -0.2) is 12.1 Å². The van der Waals surface area contributed by atoms with Gasteiger partial charge in [0, 0.05) is 12.0 Å². The van der Waals surface area contributed by atoms with E-state index >= 15 is 0 Å². The van der Waals surface area contributed by atoms with Gasteiger partial charge in [0.2, 0.25) is 0 Å². The SMILES string of the molecule is CCC(C)C(C)(N)CCc1ccc2c(c1)CCO2. The molecule has 100 valence electrons. The minimum atomic E-state index is -0.0652. The van der Waals surface area contributed by atoms with Crippen LogP contribution in [0, 0.1) is 5.92 Å². The molecule has 2 N–H and O–H groups in total. The van der Waals surface area contributed by atoms with Crippen molar-refractivity contribution in [2.24, 2.45) is 11.7 Å². The van der Waals surface area contributed by atoms with E-state index in [0.717, 1.165) is 38.0 Å². The number of benzene rings is 1. The Morgan fingerprint density at radius 2 is 2.22 bits per heavy atom. The Balaban J connectivity index is 1.98. The summed E-state index contributed by atoms with van der Waals surface area (Å²) in [6.45, 7) is 7.47. The zero-order valence-electron chi connectivity index (χ0n) is 11.8. The maximum atomic E-state index is 6.41. The smallest absolute Gasteiger partial charge is 0.122 e. The first-order chi connectivity index (χ1) is 8.53. The van der Waals surface area contributed by atoms with Crippen LogP contribution in [-0.2, 0) is 12.8 Å². The van der Waals surface area contributed by atoms with Crippen LogP contribution < -0.4 is 10.5 Å². The van der Waals surface area contributed by atoms with Gasteiger partial charge in [0.05, 0.1) is 6.61 Å². The van der Waals surface area contributed by atoms with Crippen LogP contribution in [0.25, 0.3) is 0 Å². The Morgan fingerprint density at radius 1 is 1.44 bits per heavy atom. The van der Waals surface area contributed by atoms with Gasteiger partial charge in [0.25, 0.3) is 0 Å². The van der Waals surface area contributed by atoms with Gasteiger partial charge in [-0.25, -0.2) is 0 Å². The first-order valence-electron chi connectivity index (χ1n) is 7.06. The van der Waals surface area contributed by atoms with Crippen molar-refractivity contribution in [2.75, 3.05) is 6.61 Å². The number of rotatable bonds is 5. The highest BCUT2D eigenvalue weighted by atomic mass is 16.5. The Labute approximate surface area is 111 Å². The summed E-state index contributed by atoms with van der Waals surface area (Å²) in [7, 11) is 0. The molecular formula is C16H25NO. The largest absolute Gasteiger partial charge is 0.493 e. The highest BCUT2D eigenvalue weighted by Gasteiger charge is 2.24. The van der Waals surface area contributed by atoms with E-state index in [2.05, 4.69) is 39.0 Å². The molecule has 0 aliphatic carbocycles. The molecule has 0 bridgehead atoms. The minimum Gasteiger partial charge on any atom is -0.493 e. The van der Waals surface area contributed by atoms with Gasteiger partial charge in [-0.05, 0) is 42.9 Å². The van der Waals surface area contributed by atoms with Crippen LogP contribution in [0.2, 0.25) is 0 Å². The number of aryl methyl sites for hydroxylation is 1. The van der Waals surface area contributed by atoms with Gasteiger partial charge in [-0.3, -0.25) is 0 Å². The summed E-state index contributed by atoms with van der Waals surface area (Å²) in [5, 5.41) is 0. The van der Waals surface area contributed by atoms with Crippen molar-refractivity contribution in [2.45, 2.75) is 52.0 Å². The Bertz CT molecular complexity index is 412. The van der Waals surface area contributed by atoms with E-state index in [-0.39, 0.29) is 5.54 Å². The molecule has 2 unspecified atom stereocenters. The normalized spacial score (nSPS) is 18.9. The van der Waals surface area contributed by atoms with E-state index in [9.17, 15) is 0 Å². The summed E-state index contributed by atoms with van der Waals surface area (Å²) in [4.78, 5) is 0. The number of ether oxygens (including phenoxy) is 1. The molecule has 1 aliphatic rings. The quantitative estimate of drug-likeness (QED) is 0.866. The molecule has 1 aromatic carbocycles. The maximum Gasteiger partial charge on any atom is 0.122 e. The Morgan fingerprint density at radius 3 is 2.94 bits per heavy atom. The average molecular weight is 247 g/mol. The van der Waals surface area contributed by atoms with E-state index in [1.165, 1.54) is 11.1 Å². The number of hydrogen-bond donors (Lipinski definition) is 1. The van der Waals surface area contributed by atoms with E-state index in [1.54, 1.807) is 0 Å². The molecule has 2 rings (SSSR count). The molecule has 0 radical (unpaired) electrons. The first kappa shape index (κ1) is 13.4. The van der Waals surface area contributed by atoms with Crippen LogP contribution in [0.1, 0.15) is 44.7 Å². The lowest BCUT2D eigenvalue weighted by Crippen LogP contribution is -2.43. The molecule has 1 heterocycles. The second-order valence-electron chi connectivity index (χ2n) is 5.86. The number of fused-ring (bicyclic) bond motifs is 1. The molecule has 0 saturated carbocycles. The molecule has 18 heavy (non-hydrogen) atoms. The van der Waals surface area contributed by atoms with E-state index < -0.39 is 0 Å². The van der Waals surface area contributed by atoms with E-state index in [1.807, 2.05) is 0 Å².